The molecule has 0 fully saturated rings. The van der Waals surface area contributed by atoms with E-state index in [4.69, 9.17) is 14.2 Å². The lowest BCUT2D eigenvalue weighted by Crippen LogP contribution is -2.49. The van der Waals surface area contributed by atoms with Gasteiger partial charge in [-0.15, -0.1) is 0 Å². The van der Waals surface area contributed by atoms with Gasteiger partial charge in [-0.05, 0) is 17.2 Å². The van der Waals surface area contributed by atoms with Crippen molar-refractivity contribution in [1.29, 1.82) is 0 Å². The summed E-state index contributed by atoms with van der Waals surface area (Å²) in [4.78, 5) is 22.9. The minimum Gasteiger partial charge on any atom is -0.400 e. The van der Waals surface area contributed by atoms with Crippen LogP contribution < -0.4 is 0 Å². The van der Waals surface area contributed by atoms with Gasteiger partial charge < -0.3 is 24.4 Å². The van der Waals surface area contributed by atoms with E-state index in [1.807, 2.05) is 12.1 Å². The monoisotopic (exact) mass is 439 g/mol. The number of rotatable bonds is 10. The number of aliphatic hydroxyl groups is 2. The maximum Gasteiger partial charge on any atom is 0.378 e. The van der Waals surface area contributed by atoms with E-state index in [1.54, 1.807) is 48.5 Å². The lowest BCUT2D eigenvalue weighted by Gasteiger charge is -2.29. The number of nitro benzene ring substituents is 1. The van der Waals surface area contributed by atoms with Gasteiger partial charge >= 0.3 is 11.9 Å². The Hall–Kier alpha value is -3.63. The van der Waals surface area contributed by atoms with Gasteiger partial charge in [0.25, 0.3) is 12.0 Å². The van der Waals surface area contributed by atoms with Crippen LogP contribution in [0.25, 0.3) is 0 Å². The highest BCUT2D eigenvalue weighted by atomic mass is 16.8. The van der Waals surface area contributed by atoms with E-state index >= 15 is 0 Å². The normalized spacial score (nSPS) is 11.3. The molecule has 0 saturated heterocycles. The molecule has 0 aromatic heterocycles. The molecule has 0 atom stereocenters. The first kappa shape index (κ1) is 23.0. The van der Waals surface area contributed by atoms with Crippen molar-refractivity contribution in [2.75, 3.05) is 0 Å². The Morgan fingerprint density at radius 3 is 1.81 bits per heavy atom. The Bertz CT molecular complexity index is 997. The summed E-state index contributed by atoms with van der Waals surface area (Å²) in [5.41, 5.74) is 0.429. The topological polar surface area (TPSA) is 128 Å². The zero-order chi connectivity index (χ0) is 23.0. The molecule has 9 nitrogen and oxygen atoms in total. The largest absolute Gasteiger partial charge is 0.400 e. The number of hydrogen-bond acceptors (Lipinski definition) is 8. The fourth-order valence-electron chi connectivity index (χ4n) is 2.80. The summed E-state index contributed by atoms with van der Waals surface area (Å²) in [7, 11) is 0. The zero-order valence-electron chi connectivity index (χ0n) is 16.9. The van der Waals surface area contributed by atoms with E-state index in [9.17, 15) is 25.1 Å². The third-order valence-corrected chi connectivity index (χ3v) is 4.36. The molecule has 0 aliphatic heterocycles. The second-order valence-electron chi connectivity index (χ2n) is 6.75. The maximum absolute atomic E-state index is 12.5. The zero-order valence-corrected chi connectivity index (χ0v) is 16.9. The second kappa shape index (κ2) is 10.6. The molecule has 0 bridgehead atoms. The van der Waals surface area contributed by atoms with E-state index in [-0.39, 0.29) is 13.2 Å². The first-order valence-corrected chi connectivity index (χ1v) is 9.59. The quantitative estimate of drug-likeness (QED) is 0.213. The Morgan fingerprint density at radius 2 is 1.31 bits per heavy atom. The summed E-state index contributed by atoms with van der Waals surface area (Å²) >= 11 is 0. The Kier molecular flexibility index (Phi) is 7.63. The third-order valence-electron chi connectivity index (χ3n) is 4.36. The van der Waals surface area contributed by atoms with E-state index in [1.165, 1.54) is 12.1 Å². The van der Waals surface area contributed by atoms with Crippen molar-refractivity contribution >= 4 is 11.7 Å². The van der Waals surface area contributed by atoms with Crippen LogP contribution in [0.3, 0.4) is 0 Å². The van der Waals surface area contributed by atoms with Gasteiger partial charge in [-0.25, -0.2) is 4.79 Å². The second-order valence-corrected chi connectivity index (χ2v) is 6.75. The van der Waals surface area contributed by atoms with E-state index in [2.05, 4.69) is 0 Å². The molecule has 0 spiro atoms. The highest BCUT2D eigenvalue weighted by molar-refractivity contribution is 5.94. The van der Waals surface area contributed by atoms with Gasteiger partial charge in [0.2, 0.25) is 0 Å². The summed E-state index contributed by atoms with van der Waals surface area (Å²) in [6.07, 6.45) is -1.81. The minimum atomic E-state index is -3.23. The average Bonchev–Trinajstić information content (AvgIpc) is 2.80. The van der Waals surface area contributed by atoms with E-state index < -0.39 is 34.4 Å². The summed E-state index contributed by atoms with van der Waals surface area (Å²) in [6, 6.07) is 22.7. The van der Waals surface area contributed by atoms with Crippen LogP contribution >= 0.6 is 0 Å². The van der Waals surface area contributed by atoms with Crippen molar-refractivity contribution < 1.29 is 34.1 Å². The van der Waals surface area contributed by atoms with E-state index in [0.717, 1.165) is 12.1 Å². The molecular formula is C23H21NO8. The molecule has 3 rings (SSSR count). The van der Waals surface area contributed by atoms with Crippen molar-refractivity contribution in [3.05, 3.63) is 112 Å². The van der Waals surface area contributed by atoms with Gasteiger partial charge in [0.1, 0.15) is 5.56 Å². The first-order chi connectivity index (χ1) is 15.4. The highest BCUT2D eigenvalue weighted by Gasteiger charge is 2.43. The number of nitro groups is 1. The van der Waals surface area contributed by atoms with Crippen LogP contribution in [0, 0.1) is 10.1 Å². The summed E-state index contributed by atoms with van der Waals surface area (Å²) in [6.45, 7) is -0.154. The average molecular weight is 439 g/mol. The molecule has 3 aromatic carbocycles. The van der Waals surface area contributed by atoms with Gasteiger partial charge in [0.05, 0.1) is 18.1 Å². The number of carbonyl (C=O) groups excluding carboxylic acids is 1. The lowest BCUT2D eigenvalue weighted by atomic mass is 10.2. The number of hydrogen-bond donors (Lipinski definition) is 2. The van der Waals surface area contributed by atoms with Crippen molar-refractivity contribution in [2.45, 2.75) is 25.5 Å². The van der Waals surface area contributed by atoms with Gasteiger partial charge in [0, 0.05) is 6.07 Å². The van der Waals surface area contributed by atoms with Crippen molar-refractivity contribution in [1.82, 2.24) is 0 Å². The molecule has 32 heavy (non-hydrogen) atoms. The molecular weight excluding hydrogens is 418 g/mol. The molecule has 9 heteroatoms. The molecule has 3 aromatic rings. The van der Waals surface area contributed by atoms with Gasteiger partial charge in [-0.3, -0.25) is 10.1 Å². The smallest absolute Gasteiger partial charge is 0.378 e. The Morgan fingerprint density at radius 1 is 0.844 bits per heavy atom. The van der Waals surface area contributed by atoms with Gasteiger partial charge in [0.15, 0.2) is 0 Å². The molecule has 2 N–H and O–H groups in total. The number of nitrogens with zero attached hydrogens (tertiary/aromatic N) is 1. The molecule has 0 aliphatic carbocycles. The SMILES string of the molecule is O=C(OC(O)(O)C(OCc1ccccc1)OCc1ccccc1)c1ccccc1[N+](=O)[O-]. The number of carbonyl (C=O) groups is 1. The molecule has 0 radical (unpaired) electrons. The fraction of sp³-hybridized carbons (Fsp3) is 0.174. The first-order valence-electron chi connectivity index (χ1n) is 9.59. The number of ether oxygens (including phenoxy) is 3. The van der Waals surface area contributed by atoms with Crippen LogP contribution in [0.1, 0.15) is 21.5 Å². The molecule has 0 saturated carbocycles. The van der Waals surface area contributed by atoms with Crippen molar-refractivity contribution in [3.8, 4) is 0 Å². The predicted molar refractivity (Wildman–Crippen MR) is 112 cm³/mol. The lowest BCUT2D eigenvalue weighted by molar-refractivity contribution is -0.412. The number of esters is 1. The van der Waals surface area contributed by atoms with Crippen molar-refractivity contribution in [3.63, 3.8) is 0 Å². The Labute approximate surface area is 183 Å². The van der Waals surface area contributed by atoms with Crippen LogP contribution in [-0.4, -0.2) is 33.4 Å². The fourth-order valence-corrected chi connectivity index (χ4v) is 2.80. The molecule has 0 amide bonds. The Balaban J connectivity index is 1.77. The minimum absolute atomic E-state index is 0.0772. The third kappa shape index (κ3) is 6.19. The molecule has 0 heterocycles. The van der Waals surface area contributed by atoms with Crippen LogP contribution in [0.15, 0.2) is 84.9 Å². The molecule has 0 unspecified atom stereocenters. The van der Waals surface area contributed by atoms with Crippen LogP contribution in [0.4, 0.5) is 5.69 Å². The molecule has 166 valence electrons. The standard InChI is InChI=1S/C23H21NO8/c25-21(19-13-7-8-14-20(19)24(28)29)32-23(26,27)22(30-15-17-9-3-1-4-10-17)31-16-18-11-5-2-6-12-18/h1-14,22,26-27H,15-16H2. The number of benzene rings is 3. The number of para-hydroxylation sites is 1. The van der Waals surface area contributed by atoms with Crippen LogP contribution in [-0.2, 0) is 27.4 Å². The van der Waals surface area contributed by atoms with Crippen LogP contribution in [0.2, 0.25) is 0 Å². The van der Waals surface area contributed by atoms with Crippen molar-refractivity contribution in [2.24, 2.45) is 0 Å². The van der Waals surface area contributed by atoms with Crippen LogP contribution in [0.5, 0.6) is 0 Å². The maximum atomic E-state index is 12.5. The molecule has 0 aliphatic rings. The van der Waals surface area contributed by atoms with Gasteiger partial charge in [-0.1, -0.05) is 72.8 Å². The van der Waals surface area contributed by atoms with E-state index in [0.29, 0.717) is 11.1 Å². The summed E-state index contributed by atoms with van der Waals surface area (Å²) in [5, 5.41) is 32.1. The van der Waals surface area contributed by atoms with Gasteiger partial charge in [-0.2, -0.15) is 0 Å². The summed E-state index contributed by atoms with van der Waals surface area (Å²) in [5.74, 6) is -4.55. The highest BCUT2D eigenvalue weighted by Crippen LogP contribution is 2.24. The predicted octanol–water partition coefficient (Wildman–Crippen LogP) is 3.15. The summed E-state index contributed by atoms with van der Waals surface area (Å²) < 4.78 is 15.8.